The first-order valence-electron chi connectivity index (χ1n) is 6.10. The fourth-order valence-corrected chi connectivity index (χ4v) is 1.89. The summed E-state index contributed by atoms with van der Waals surface area (Å²) in [4.78, 5) is 11.3. The quantitative estimate of drug-likeness (QED) is 0.626. The summed E-state index contributed by atoms with van der Waals surface area (Å²) in [7, 11) is 0. The number of aromatic hydroxyl groups is 2. The van der Waals surface area contributed by atoms with E-state index in [4.69, 9.17) is 0 Å². The van der Waals surface area contributed by atoms with Gasteiger partial charge in [-0.25, -0.2) is 0 Å². The van der Waals surface area contributed by atoms with Gasteiger partial charge >= 0.3 is 5.97 Å². The van der Waals surface area contributed by atoms with Gasteiger partial charge in [0.2, 0.25) is 0 Å². The Balaban J connectivity index is 2.10. The van der Waals surface area contributed by atoms with Crippen LogP contribution in [0.1, 0.15) is 17.2 Å². The predicted molar refractivity (Wildman–Crippen MR) is 73.4 cm³/mol. The van der Waals surface area contributed by atoms with Gasteiger partial charge in [0.15, 0.2) is 11.5 Å². The first-order chi connectivity index (χ1) is 9.58. The number of aliphatic carboxylic acids is 1. The molecule has 0 aliphatic rings. The molecule has 5 heteroatoms. The van der Waals surface area contributed by atoms with Crippen molar-refractivity contribution in [2.75, 3.05) is 0 Å². The monoisotopic (exact) mass is 273 g/mol. The van der Waals surface area contributed by atoms with Gasteiger partial charge in [0.05, 0.1) is 0 Å². The van der Waals surface area contributed by atoms with Crippen molar-refractivity contribution in [1.82, 2.24) is 5.32 Å². The Kier molecular flexibility index (Phi) is 4.22. The zero-order valence-electron chi connectivity index (χ0n) is 10.7. The molecule has 0 amide bonds. The van der Waals surface area contributed by atoms with Gasteiger partial charge in [-0.3, -0.25) is 10.1 Å². The SMILES string of the molecule is O=C(O)C(NCc1ccc(O)c(O)c1)c1ccccc1. The lowest BCUT2D eigenvalue weighted by molar-refractivity contribution is -0.139. The Bertz CT molecular complexity index is 598. The Morgan fingerprint density at radius 2 is 1.75 bits per heavy atom. The summed E-state index contributed by atoms with van der Waals surface area (Å²) in [6, 6.07) is 12.4. The van der Waals surface area contributed by atoms with Crippen molar-refractivity contribution in [3.05, 3.63) is 59.7 Å². The van der Waals surface area contributed by atoms with Crippen LogP contribution in [0.4, 0.5) is 0 Å². The van der Waals surface area contributed by atoms with Gasteiger partial charge in [-0.05, 0) is 23.3 Å². The number of carboxylic acid groups (broad SMARTS) is 1. The van der Waals surface area contributed by atoms with Crippen molar-refractivity contribution in [1.29, 1.82) is 0 Å². The first-order valence-corrected chi connectivity index (χ1v) is 6.10. The molecule has 0 saturated carbocycles. The van der Waals surface area contributed by atoms with Gasteiger partial charge in [0.25, 0.3) is 0 Å². The maximum Gasteiger partial charge on any atom is 0.325 e. The van der Waals surface area contributed by atoms with E-state index in [1.54, 1.807) is 30.3 Å². The predicted octanol–water partition coefficient (Wildman–Crippen LogP) is 2.01. The summed E-state index contributed by atoms with van der Waals surface area (Å²) >= 11 is 0. The molecule has 1 unspecified atom stereocenters. The second-order valence-corrected chi connectivity index (χ2v) is 4.39. The molecule has 0 heterocycles. The highest BCUT2D eigenvalue weighted by atomic mass is 16.4. The number of carbonyl (C=O) groups is 1. The largest absolute Gasteiger partial charge is 0.504 e. The topological polar surface area (TPSA) is 89.8 Å². The van der Waals surface area contributed by atoms with E-state index in [0.29, 0.717) is 11.1 Å². The van der Waals surface area contributed by atoms with Crippen LogP contribution in [0.2, 0.25) is 0 Å². The van der Waals surface area contributed by atoms with Crippen molar-refractivity contribution in [2.24, 2.45) is 0 Å². The van der Waals surface area contributed by atoms with Crippen LogP contribution < -0.4 is 5.32 Å². The number of hydrogen-bond donors (Lipinski definition) is 4. The minimum atomic E-state index is -0.973. The molecule has 0 aliphatic heterocycles. The summed E-state index contributed by atoms with van der Waals surface area (Å²) in [5, 5.41) is 30.8. The number of nitrogens with one attached hydrogen (secondary N) is 1. The lowest BCUT2D eigenvalue weighted by atomic mass is 10.1. The van der Waals surface area contributed by atoms with Gasteiger partial charge in [0.1, 0.15) is 6.04 Å². The third-order valence-corrected chi connectivity index (χ3v) is 2.93. The van der Waals surface area contributed by atoms with Crippen LogP contribution in [0.25, 0.3) is 0 Å². The number of carboxylic acids is 1. The van der Waals surface area contributed by atoms with E-state index in [1.807, 2.05) is 6.07 Å². The molecule has 2 rings (SSSR count). The maximum absolute atomic E-state index is 11.3. The van der Waals surface area contributed by atoms with Crippen LogP contribution in [-0.2, 0) is 11.3 Å². The molecule has 0 radical (unpaired) electrons. The van der Waals surface area contributed by atoms with Crippen molar-refractivity contribution in [3.8, 4) is 11.5 Å². The molecule has 20 heavy (non-hydrogen) atoms. The average Bonchev–Trinajstić information content (AvgIpc) is 2.44. The van der Waals surface area contributed by atoms with Crippen LogP contribution in [0, 0.1) is 0 Å². The van der Waals surface area contributed by atoms with E-state index in [0.717, 1.165) is 0 Å². The third kappa shape index (κ3) is 3.27. The molecule has 4 N–H and O–H groups in total. The molecule has 2 aromatic carbocycles. The van der Waals surface area contributed by atoms with Crippen molar-refractivity contribution in [3.63, 3.8) is 0 Å². The molecule has 0 aromatic heterocycles. The lowest BCUT2D eigenvalue weighted by Crippen LogP contribution is -2.28. The van der Waals surface area contributed by atoms with Crippen LogP contribution in [0.3, 0.4) is 0 Å². The first kappa shape index (κ1) is 13.9. The van der Waals surface area contributed by atoms with Crippen molar-refractivity contribution >= 4 is 5.97 Å². The highest BCUT2D eigenvalue weighted by Gasteiger charge is 2.18. The summed E-state index contributed by atoms with van der Waals surface area (Å²) < 4.78 is 0. The zero-order valence-corrected chi connectivity index (χ0v) is 10.7. The van der Waals surface area contributed by atoms with Crippen LogP contribution in [-0.4, -0.2) is 21.3 Å². The molecule has 0 bridgehead atoms. The summed E-state index contributed by atoms with van der Waals surface area (Å²) in [6.07, 6.45) is 0. The molecule has 5 nitrogen and oxygen atoms in total. The third-order valence-electron chi connectivity index (χ3n) is 2.93. The minimum Gasteiger partial charge on any atom is -0.504 e. The molecule has 0 aliphatic carbocycles. The fraction of sp³-hybridized carbons (Fsp3) is 0.133. The number of benzene rings is 2. The Labute approximate surface area is 116 Å². The van der Waals surface area contributed by atoms with Crippen molar-refractivity contribution < 1.29 is 20.1 Å². The van der Waals surface area contributed by atoms with E-state index in [-0.39, 0.29) is 18.0 Å². The van der Waals surface area contributed by atoms with Crippen LogP contribution >= 0.6 is 0 Å². The summed E-state index contributed by atoms with van der Waals surface area (Å²) in [5.41, 5.74) is 1.34. The number of rotatable bonds is 5. The molecular weight excluding hydrogens is 258 g/mol. The van der Waals surface area contributed by atoms with E-state index in [1.165, 1.54) is 12.1 Å². The fourth-order valence-electron chi connectivity index (χ4n) is 1.89. The standard InChI is InChI=1S/C15H15NO4/c17-12-7-6-10(8-13(12)18)9-16-14(15(19)20)11-4-2-1-3-5-11/h1-8,14,16-18H,9H2,(H,19,20). The summed E-state index contributed by atoms with van der Waals surface area (Å²) in [5.74, 6) is -1.40. The maximum atomic E-state index is 11.3. The second kappa shape index (κ2) is 6.08. The highest BCUT2D eigenvalue weighted by molar-refractivity contribution is 5.75. The van der Waals surface area contributed by atoms with Crippen molar-refractivity contribution in [2.45, 2.75) is 12.6 Å². The smallest absolute Gasteiger partial charge is 0.325 e. The zero-order chi connectivity index (χ0) is 14.5. The number of hydrogen-bond acceptors (Lipinski definition) is 4. The van der Waals surface area contributed by atoms with Gasteiger partial charge in [-0.15, -0.1) is 0 Å². The van der Waals surface area contributed by atoms with Gasteiger partial charge in [-0.2, -0.15) is 0 Å². The average molecular weight is 273 g/mol. The molecular formula is C15H15NO4. The number of phenolic OH excluding ortho intramolecular Hbond substituents is 2. The highest BCUT2D eigenvalue weighted by Crippen LogP contribution is 2.25. The minimum absolute atomic E-state index is 0.202. The Morgan fingerprint density at radius 1 is 1.05 bits per heavy atom. The van der Waals surface area contributed by atoms with Gasteiger partial charge in [-0.1, -0.05) is 36.4 Å². The van der Waals surface area contributed by atoms with E-state index >= 15 is 0 Å². The molecule has 104 valence electrons. The van der Waals surface area contributed by atoms with E-state index in [9.17, 15) is 20.1 Å². The van der Waals surface area contributed by atoms with Crippen LogP contribution in [0.5, 0.6) is 11.5 Å². The van der Waals surface area contributed by atoms with Crippen LogP contribution in [0.15, 0.2) is 48.5 Å². The van der Waals surface area contributed by atoms with E-state index < -0.39 is 12.0 Å². The number of phenols is 2. The van der Waals surface area contributed by atoms with Gasteiger partial charge < -0.3 is 15.3 Å². The second-order valence-electron chi connectivity index (χ2n) is 4.39. The molecule has 1 atom stereocenters. The summed E-state index contributed by atoms with van der Waals surface area (Å²) in [6.45, 7) is 0.264. The molecule has 0 fully saturated rings. The molecule has 0 saturated heterocycles. The Morgan fingerprint density at radius 3 is 2.35 bits per heavy atom. The molecule has 0 spiro atoms. The molecule has 2 aromatic rings. The lowest BCUT2D eigenvalue weighted by Gasteiger charge is -2.15. The normalized spacial score (nSPS) is 12.0. The van der Waals surface area contributed by atoms with Gasteiger partial charge in [0, 0.05) is 6.54 Å². The van der Waals surface area contributed by atoms with E-state index in [2.05, 4.69) is 5.32 Å². The Hall–Kier alpha value is -2.53.